The van der Waals surface area contributed by atoms with E-state index < -0.39 is 11.7 Å². The predicted molar refractivity (Wildman–Crippen MR) is 63.4 cm³/mol. The van der Waals surface area contributed by atoms with Crippen LogP contribution in [0.25, 0.3) is 11.0 Å². The lowest BCUT2D eigenvalue weighted by molar-refractivity contribution is -0.137. The van der Waals surface area contributed by atoms with Gasteiger partial charge in [-0.05, 0) is 18.2 Å². The summed E-state index contributed by atoms with van der Waals surface area (Å²) in [6.07, 6.45) is -4.31. The van der Waals surface area contributed by atoms with Crippen molar-refractivity contribution in [3.8, 4) is 0 Å². The van der Waals surface area contributed by atoms with Crippen molar-refractivity contribution in [1.82, 2.24) is 9.55 Å². The van der Waals surface area contributed by atoms with E-state index in [0.717, 1.165) is 23.5 Å². The molecule has 2 rings (SSSR count). The zero-order chi connectivity index (χ0) is 11.9. The van der Waals surface area contributed by atoms with Gasteiger partial charge >= 0.3 is 6.18 Å². The highest BCUT2D eigenvalue weighted by molar-refractivity contribution is 14.1. The molecule has 0 spiro atoms. The third-order valence-electron chi connectivity index (χ3n) is 2.42. The maximum absolute atomic E-state index is 12.5. The van der Waals surface area contributed by atoms with Crippen molar-refractivity contribution in [3.63, 3.8) is 0 Å². The molecule has 1 aromatic heterocycles. The largest absolute Gasteiger partial charge is 0.416 e. The van der Waals surface area contributed by atoms with Crippen LogP contribution in [-0.4, -0.2) is 9.55 Å². The summed E-state index contributed by atoms with van der Waals surface area (Å²) in [5, 5.41) is 0. The fourth-order valence-electron chi connectivity index (χ4n) is 1.55. The molecule has 0 saturated carbocycles. The summed E-state index contributed by atoms with van der Waals surface area (Å²) in [5.41, 5.74) is 0.460. The summed E-state index contributed by atoms with van der Waals surface area (Å²) in [6.45, 7) is 0. The number of hydrogen-bond acceptors (Lipinski definition) is 1. The Morgan fingerprint density at radius 2 is 2.06 bits per heavy atom. The standard InChI is InChI=1S/C10H8F3IN2/c1-16-8-3-2-6(10(11,12)13)4-7(8)15-9(16)5-14/h2-4H,5H2,1H3. The average Bonchev–Trinajstić information content (AvgIpc) is 2.54. The topological polar surface area (TPSA) is 17.8 Å². The number of alkyl halides is 4. The minimum Gasteiger partial charge on any atom is -0.330 e. The zero-order valence-corrected chi connectivity index (χ0v) is 10.5. The number of aromatic nitrogens is 2. The lowest BCUT2D eigenvalue weighted by Gasteiger charge is -2.05. The lowest BCUT2D eigenvalue weighted by Crippen LogP contribution is -2.04. The Labute approximate surface area is 104 Å². The molecule has 16 heavy (non-hydrogen) atoms. The number of nitrogens with zero attached hydrogens (tertiary/aromatic N) is 2. The molecule has 0 bridgehead atoms. The van der Waals surface area contributed by atoms with Gasteiger partial charge in [0.1, 0.15) is 5.82 Å². The molecule has 2 nitrogen and oxygen atoms in total. The Kier molecular flexibility index (Phi) is 2.85. The maximum Gasteiger partial charge on any atom is 0.416 e. The zero-order valence-electron chi connectivity index (χ0n) is 8.35. The molecule has 0 aliphatic carbocycles. The molecule has 0 aliphatic heterocycles. The van der Waals surface area contributed by atoms with Crippen LogP contribution in [0.15, 0.2) is 18.2 Å². The van der Waals surface area contributed by atoms with Crippen molar-refractivity contribution in [2.24, 2.45) is 7.05 Å². The molecule has 1 aromatic carbocycles. The number of fused-ring (bicyclic) bond motifs is 1. The third-order valence-corrected chi connectivity index (χ3v) is 3.10. The van der Waals surface area contributed by atoms with E-state index in [1.807, 2.05) is 4.57 Å². The van der Waals surface area contributed by atoms with Gasteiger partial charge in [-0.2, -0.15) is 13.2 Å². The van der Waals surface area contributed by atoms with Gasteiger partial charge in [0, 0.05) is 7.05 Å². The van der Waals surface area contributed by atoms with Gasteiger partial charge in [-0.15, -0.1) is 0 Å². The van der Waals surface area contributed by atoms with Gasteiger partial charge in [-0.1, -0.05) is 22.6 Å². The monoisotopic (exact) mass is 340 g/mol. The molecule has 0 atom stereocenters. The van der Waals surface area contributed by atoms with Crippen LogP contribution < -0.4 is 0 Å². The number of rotatable bonds is 1. The second kappa shape index (κ2) is 3.90. The van der Waals surface area contributed by atoms with Gasteiger partial charge in [0.25, 0.3) is 0 Å². The van der Waals surface area contributed by atoms with E-state index >= 15 is 0 Å². The van der Waals surface area contributed by atoms with Crippen molar-refractivity contribution >= 4 is 33.6 Å². The first-order valence-corrected chi connectivity index (χ1v) is 6.04. The Morgan fingerprint density at radius 3 is 2.62 bits per heavy atom. The summed E-state index contributed by atoms with van der Waals surface area (Å²) in [7, 11) is 1.80. The number of hydrogen-bond donors (Lipinski definition) is 0. The molecule has 86 valence electrons. The van der Waals surface area contributed by atoms with Crippen LogP contribution in [0.3, 0.4) is 0 Å². The fraction of sp³-hybridized carbons (Fsp3) is 0.300. The van der Waals surface area contributed by atoms with Gasteiger partial charge in [-0.25, -0.2) is 4.98 Å². The second-order valence-electron chi connectivity index (χ2n) is 3.42. The minimum absolute atomic E-state index is 0.393. The Balaban J connectivity index is 2.64. The molecule has 0 amide bonds. The van der Waals surface area contributed by atoms with Crippen LogP contribution in [-0.2, 0) is 17.7 Å². The highest BCUT2D eigenvalue weighted by Crippen LogP contribution is 2.31. The molecule has 0 unspecified atom stereocenters. The van der Waals surface area contributed by atoms with Crippen LogP contribution >= 0.6 is 22.6 Å². The Hall–Kier alpha value is -0.790. The van der Waals surface area contributed by atoms with E-state index in [1.54, 1.807) is 7.05 Å². The highest BCUT2D eigenvalue weighted by atomic mass is 127. The molecule has 1 heterocycles. The predicted octanol–water partition coefficient (Wildman–Crippen LogP) is 3.53. The fourth-order valence-corrected chi connectivity index (χ4v) is 2.23. The highest BCUT2D eigenvalue weighted by Gasteiger charge is 2.30. The average molecular weight is 340 g/mol. The van der Waals surface area contributed by atoms with Crippen molar-refractivity contribution in [1.29, 1.82) is 0 Å². The van der Waals surface area contributed by atoms with Gasteiger partial charge in [0.05, 0.1) is 21.0 Å². The molecular formula is C10H8F3IN2. The van der Waals surface area contributed by atoms with Gasteiger partial charge in [0.2, 0.25) is 0 Å². The SMILES string of the molecule is Cn1c(CI)nc2cc(C(F)(F)F)ccc21. The van der Waals surface area contributed by atoms with E-state index in [2.05, 4.69) is 27.6 Å². The summed E-state index contributed by atoms with van der Waals surface area (Å²) >= 11 is 2.13. The third kappa shape index (κ3) is 1.90. The van der Waals surface area contributed by atoms with Crippen molar-refractivity contribution in [2.75, 3.05) is 0 Å². The number of aryl methyl sites for hydroxylation is 1. The first-order valence-electron chi connectivity index (χ1n) is 4.52. The Morgan fingerprint density at radius 1 is 1.38 bits per heavy atom. The first-order chi connectivity index (χ1) is 7.43. The van der Waals surface area contributed by atoms with Gasteiger partial charge < -0.3 is 4.57 Å². The van der Waals surface area contributed by atoms with Crippen LogP contribution in [0.5, 0.6) is 0 Å². The molecule has 0 radical (unpaired) electrons. The minimum atomic E-state index is -4.31. The molecular weight excluding hydrogens is 332 g/mol. The van der Waals surface area contributed by atoms with Crippen LogP contribution in [0.4, 0.5) is 13.2 Å². The van der Waals surface area contributed by atoms with Crippen LogP contribution in [0.1, 0.15) is 11.4 Å². The van der Waals surface area contributed by atoms with Crippen LogP contribution in [0.2, 0.25) is 0 Å². The smallest absolute Gasteiger partial charge is 0.330 e. The van der Waals surface area contributed by atoms with E-state index in [0.29, 0.717) is 9.94 Å². The molecule has 0 fully saturated rings. The summed E-state index contributed by atoms with van der Waals surface area (Å²) < 4.78 is 39.9. The normalized spacial score (nSPS) is 12.3. The summed E-state index contributed by atoms with van der Waals surface area (Å²) in [4.78, 5) is 4.16. The van der Waals surface area contributed by atoms with E-state index in [1.165, 1.54) is 6.07 Å². The van der Waals surface area contributed by atoms with Crippen molar-refractivity contribution < 1.29 is 13.2 Å². The lowest BCUT2D eigenvalue weighted by atomic mass is 10.2. The number of benzene rings is 1. The Bertz CT molecular complexity index is 531. The number of halogens is 4. The number of imidazole rings is 1. The van der Waals surface area contributed by atoms with E-state index in [4.69, 9.17) is 0 Å². The van der Waals surface area contributed by atoms with Crippen molar-refractivity contribution in [3.05, 3.63) is 29.6 Å². The molecule has 2 aromatic rings. The molecule has 6 heteroatoms. The summed E-state index contributed by atoms with van der Waals surface area (Å²) in [6, 6.07) is 3.63. The quantitative estimate of drug-likeness (QED) is 0.574. The van der Waals surface area contributed by atoms with E-state index in [-0.39, 0.29) is 0 Å². The molecule has 0 saturated heterocycles. The summed E-state index contributed by atoms with van der Waals surface area (Å²) in [5.74, 6) is 0.773. The van der Waals surface area contributed by atoms with Gasteiger partial charge in [-0.3, -0.25) is 0 Å². The molecule has 0 N–H and O–H groups in total. The maximum atomic E-state index is 12.5. The van der Waals surface area contributed by atoms with Crippen molar-refractivity contribution in [2.45, 2.75) is 10.6 Å². The van der Waals surface area contributed by atoms with Gasteiger partial charge in [0.15, 0.2) is 0 Å². The molecule has 0 aliphatic rings. The first kappa shape index (κ1) is 11.7. The second-order valence-corrected chi connectivity index (χ2v) is 4.18. The van der Waals surface area contributed by atoms with Crippen LogP contribution in [0, 0.1) is 0 Å². The van der Waals surface area contributed by atoms with E-state index in [9.17, 15) is 13.2 Å².